The highest BCUT2D eigenvalue weighted by Gasteiger charge is 2.39. The van der Waals surface area contributed by atoms with Gasteiger partial charge in [-0.2, -0.15) is 18.3 Å². The van der Waals surface area contributed by atoms with Crippen molar-refractivity contribution in [2.24, 2.45) is 0 Å². The first-order valence-electron chi connectivity index (χ1n) is 10.4. The highest BCUT2D eigenvalue weighted by Crippen LogP contribution is 2.44. The van der Waals surface area contributed by atoms with E-state index < -0.39 is 18.0 Å². The van der Waals surface area contributed by atoms with E-state index in [0.29, 0.717) is 41.9 Å². The second kappa shape index (κ2) is 8.67. The van der Waals surface area contributed by atoms with Crippen LogP contribution in [0.2, 0.25) is 0 Å². The van der Waals surface area contributed by atoms with Gasteiger partial charge in [0.1, 0.15) is 0 Å². The van der Waals surface area contributed by atoms with E-state index >= 15 is 0 Å². The number of ketones is 1. The van der Waals surface area contributed by atoms with Crippen molar-refractivity contribution < 1.29 is 23.1 Å². The van der Waals surface area contributed by atoms with Crippen molar-refractivity contribution in [3.63, 3.8) is 0 Å². The molecule has 0 aliphatic heterocycles. The molecule has 1 unspecified atom stereocenters. The fourth-order valence-corrected chi connectivity index (χ4v) is 6.79. The highest BCUT2D eigenvalue weighted by atomic mass is 32.2. The van der Waals surface area contributed by atoms with Gasteiger partial charge >= 0.3 is 6.18 Å². The molecule has 0 fully saturated rings. The molecule has 2 aliphatic carbocycles. The number of aliphatic hydroxyl groups is 1. The molecule has 1 N–H and O–H groups in total. The number of aliphatic hydroxyl groups excluding tert-OH is 1. The van der Waals surface area contributed by atoms with Crippen molar-refractivity contribution in [1.29, 1.82) is 0 Å². The summed E-state index contributed by atoms with van der Waals surface area (Å²) in [6.07, 6.45) is 2.76. The first kappa shape index (κ1) is 21.9. The predicted molar refractivity (Wildman–Crippen MR) is 111 cm³/mol. The minimum atomic E-state index is -4.44. The van der Waals surface area contributed by atoms with E-state index in [2.05, 4.69) is 5.10 Å². The lowest BCUT2D eigenvalue weighted by Gasteiger charge is -2.19. The van der Waals surface area contributed by atoms with Crippen LogP contribution in [0.25, 0.3) is 0 Å². The Morgan fingerprint density at radius 2 is 1.97 bits per heavy atom. The third-order valence-electron chi connectivity index (χ3n) is 5.99. The van der Waals surface area contributed by atoms with Gasteiger partial charge in [-0.05, 0) is 63.2 Å². The van der Waals surface area contributed by atoms with E-state index in [9.17, 15) is 23.1 Å². The molecule has 0 bridgehead atoms. The van der Waals surface area contributed by atoms with Gasteiger partial charge in [-0.3, -0.25) is 9.48 Å². The van der Waals surface area contributed by atoms with Crippen LogP contribution in [0.15, 0.2) is 4.21 Å². The first-order valence-corrected chi connectivity index (χ1v) is 12.4. The lowest BCUT2D eigenvalue weighted by molar-refractivity contribution is -0.142. The second-order valence-corrected chi connectivity index (χ2v) is 10.0. The minimum absolute atomic E-state index is 0.0164. The second-order valence-electron chi connectivity index (χ2n) is 7.95. The molecule has 164 valence electrons. The van der Waals surface area contributed by atoms with Gasteiger partial charge < -0.3 is 5.11 Å². The van der Waals surface area contributed by atoms with Crippen molar-refractivity contribution in [3.8, 4) is 0 Å². The SMILES string of the molecule is CSc1sc(C(=O)CCCn2nc(C(F)(F)F)c3c2CCCC3)c2c1C(O)CCC2. The molecule has 0 aromatic carbocycles. The Morgan fingerprint density at radius 3 is 2.70 bits per heavy atom. The summed E-state index contributed by atoms with van der Waals surface area (Å²) in [7, 11) is 0. The molecule has 0 saturated heterocycles. The van der Waals surface area contributed by atoms with Gasteiger partial charge in [0.2, 0.25) is 0 Å². The number of carbonyl (C=O) groups excluding carboxylic acids is 1. The molecule has 2 aromatic rings. The van der Waals surface area contributed by atoms with E-state index in [1.165, 1.54) is 16.0 Å². The molecular weight excluding hydrogens is 433 g/mol. The number of thioether (sulfide) groups is 1. The number of halogens is 3. The minimum Gasteiger partial charge on any atom is -0.388 e. The summed E-state index contributed by atoms with van der Waals surface area (Å²) in [6.45, 7) is 0.315. The molecule has 0 radical (unpaired) electrons. The number of rotatable bonds is 6. The zero-order chi connectivity index (χ0) is 21.5. The van der Waals surface area contributed by atoms with Crippen LogP contribution in [0.1, 0.15) is 82.4 Å². The van der Waals surface area contributed by atoms with Crippen LogP contribution in [0.3, 0.4) is 0 Å². The molecule has 2 aromatic heterocycles. The summed E-state index contributed by atoms with van der Waals surface area (Å²) in [6, 6.07) is 0. The summed E-state index contributed by atoms with van der Waals surface area (Å²) in [5.41, 5.74) is 2.16. The van der Waals surface area contributed by atoms with Gasteiger partial charge in [0, 0.05) is 29.8 Å². The molecule has 30 heavy (non-hydrogen) atoms. The molecule has 2 heterocycles. The van der Waals surface area contributed by atoms with Crippen molar-refractivity contribution in [2.75, 3.05) is 6.26 Å². The predicted octanol–water partition coefficient (Wildman–Crippen LogP) is 5.60. The van der Waals surface area contributed by atoms with E-state index in [1.54, 1.807) is 11.8 Å². The normalized spacial score (nSPS) is 18.9. The van der Waals surface area contributed by atoms with Crippen molar-refractivity contribution in [2.45, 2.75) is 80.8 Å². The summed E-state index contributed by atoms with van der Waals surface area (Å²) in [5, 5.41) is 14.2. The van der Waals surface area contributed by atoms with Gasteiger partial charge in [-0.1, -0.05) is 0 Å². The van der Waals surface area contributed by atoms with Crippen LogP contribution in [0.4, 0.5) is 13.2 Å². The molecule has 2 aliphatic rings. The fourth-order valence-electron chi connectivity index (χ4n) is 4.62. The molecular formula is C21H25F3N2O2S2. The van der Waals surface area contributed by atoms with E-state index in [0.717, 1.165) is 47.4 Å². The first-order chi connectivity index (χ1) is 14.3. The Labute approximate surface area is 181 Å². The summed E-state index contributed by atoms with van der Waals surface area (Å²) >= 11 is 3.00. The fraction of sp³-hybridized carbons (Fsp3) is 0.619. The third-order valence-corrected chi connectivity index (χ3v) is 8.41. The van der Waals surface area contributed by atoms with E-state index in [1.807, 2.05) is 6.26 Å². The molecule has 9 heteroatoms. The Hall–Kier alpha value is -1.32. The smallest absolute Gasteiger partial charge is 0.388 e. The maximum Gasteiger partial charge on any atom is 0.435 e. The number of carbonyl (C=O) groups is 1. The molecule has 0 amide bonds. The number of aromatic nitrogens is 2. The molecule has 0 spiro atoms. The highest BCUT2D eigenvalue weighted by molar-refractivity contribution is 8.00. The van der Waals surface area contributed by atoms with Gasteiger partial charge in [0.15, 0.2) is 11.5 Å². The summed E-state index contributed by atoms with van der Waals surface area (Å²) in [5.74, 6) is 0.0164. The number of fused-ring (bicyclic) bond motifs is 2. The quantitative estimate of drug-likeness (QED) is 0.452. The van der Waals surface area contributed by atoms with Crippen molar-refractivity contribution in [3.05, 3.63) is 33.0 Å². The maximum absolute atomic E-state index is 13.3. The topological polar surface area (TPSA) is 55.1 Å². The number of thiophene rings is 1. The number of nitrogens with zero attached hydrogens (tertiary/aromatic N) is 2. The number of aryl methyl sites for hydroxylation is 1. The van der Waals surface area contributed by atoms with Crippen LogP contribution in [0, 0.1) is 0 Å². The van der Waals surface area contributed by atoms with Crippen LogP contribution in [-0.2, 0) is 32.0 Å². The van der Waals surface area contributed by atoms with E-state index in [-0.39, 0.29) is 12.2 Å². The Bertz CT molecular complexity index is 949. The van der Waals surface area contributed by atoms with Gasteiger partial charge in [0.25, 0.3) is 0 Å². The van der Waals surface area contributed by atoms with Crippen LogP contribution < -0.4 is 0 Å². The van der Waals surface area contributed by atoms with Gasteiger partial charge in [-0.15, -0.1) is 23.1 Å². The average molecular weight is 459 g/mol. The largest absolute Gasteiger partial charge is 0.435 e. The average Bonchev–Trinajstić information content (AvgIpc) is 3.27. The zero-order valence-corrected chi connectivity index (χ0v) is 18.5. The molecule has 4 nitrogen and oxygen atoms in total. The Morgan fingerprint density at radius 1 is 1.23 bits per heavy atom. The molecule has 4 rings (SSSR count). The summed E-state index contributed by atoms with van der Waals surface area (Å²) in [4.78, 5) is 13.6. The number of Topliss-reactive ketones (excluding diaryl/α,β-unsaturated/α-hetero) is 1. The number of alkyl halides is 3. The van der Waals surface area contributed by atoms with Crippen LogP contribution in [0.5, 0.6) is 0 Å². The van der Waals surface area contributed by atoms with Gasteiger partial charge in [-0.25, -0.2) is 0 Å². The lowest BCUT2D eigenvalue weighted by Crippen LogP contribution is -2.12. The van der Waals surface area contributed by atoms with E-state index in [4.69, 9.17) is 0 Å². The molecule has 0 saturated carbocycles. The zero-order valence-electron chi connectivity index (χ0n) is 16.8. The molecule has 1 atom stereocenters. The van der Waals surface area contributed by atoms with Gasteiger partial charge in [0.05, 0.1) is 15.2 Å². The Balaban J connectivity index is 1.48. The van der Waals surface area contributed by atoms with Crippen molar-refractivity contribution >= 4 is 28.9 Å². The van der Waals surface area contributed by atoms with Crippen LogP contribution >= 0.6 is 23.1 Å². The van der Waals surface area contributed by atoms with Crippen molar-refractivity contribution in [1.82, 2.24) is 9.78 Å². The third kappa shape index (κ3) is 4.08. The van der Waals surface area contributed by atoms with Crippen LogP contribution in [-0.4, -0.2) is 26.9 Å². The monoisotopic (exact) mass is 458 g/mol. The summed E-state index contributed by atoms with van der Waals surface area (Å²) < 4.78 is 42.5. The number of hydrogen-bond donors (Lipinski definition) is 1. The Kier molecular flexibility index (Phi) is 6.33. The lowest BCUT2D eigenvalue weighted by atomic mass is 9.90. The number of hydrogen-bond acceptors (Lipinski definition) is 5. The standard InChI is InChI=1S/C21H25F3N2O2S2/c1-29-20-17-13(7-4-9-15(17)27)18(30-20)16(28)10-5-11-26-14-8-3-2-6-12(14)19(25-26)21(22,23)24/h15,27H,2-11H2,1H3. The maximum atomic E-state index is 13.3.